The van der Waals surface area contributed by atoms with Crippen LogP contribution in [-0.2, 0) is 15.4 Å². The Bertz CT molecular complexity index is 955. The first-order chi connectivity index (χ1) is 10.5. The normalized spacial score (nSPS) is 16.8. The van der Waals surface area contributed by atoms with E-state index in [4.69, 9.17) is 0 Å². The van der Waals surface area contributed by atoms with Gasteiger partial charge >= 0.3 is 0 Å². The molecular weight excluding hydrogens is 296 g/mol. The molecule has 1 saturated carbocycles. The molecule has 1 aliphatic carbocycles. The molecule has 2 aromatic heterocycles. The van der Waals surface area contributed by atoms with Crippen LogP contribution in [0.15, 0.2) is 59.9 Å². The molecule has 0 radical (unpaired) electrons. The lowest BCUT2D eigenvalue weighted by Gasteiger charge is -2.07. The van der Waals surface area contributed by atoms with Crippen LogP contribution in [0.2, 0.25) is 0 Å². The van der Waals surface area contributed by atoms with Gasteiger partial charge in [0.05, 0.1) is 10.4 Å². The van der Waals surface area contributed by atoms with Crippen LogP contribution in [0.3, 0.4) is 0 Å². The first kappa shape index (κ1) is 13.5. The number of rotatable bonds is 3. The standard InChI is InChI=1S/C17H16N2O2S/c1-17(8-9-17)15-12-19(16-7-10-18-11-14(15)16)22(20,21)13-5-3-2-4-6-13/h2-7,10-12H,8-9H2,1H3. The molecule has 0 unspecified atom stereocenters. The Labute approximate surface area is 129 Å². The third-order valence-corrected chi connectivity index (χ3v) is 6.21. The van der Waals surface area contributed by atoms with Crippen LogP contribution in [-0.4, -0.2) is 17.4 Å². The predicted octanol–water partition coefficient (Wildman–Crippen LogP) is 3.32. The van der Waals surface area contributed by atoms with Crippen molar-refractivity contribution in [1.29, 1.82) is 0 Å². The van der Waals surface area contributed by atoms with Gasteiger partial charge in [-0.1, -0.05) is 25.1 Å². The number of pyridine rings is 1. The van der Waals surface area contributed by atoms with Crippen molar-refractivity contribution in [2.24, 2.45) is 0 Å². The zero-order valence-corrected chi connectivity index (χ0v) is 13.0. The zero-order chi connectivity index (χ0) is 15.4. The first-order valence-corrected chi connectivity index (χ1v) is 8.73. The van der Waals surface area contributed by atoms with Crippen LogP contribution in [0.25, 0.3) is 10.9 Å². The Kier molecular flexibility index (Phi) is 2.72. The quantitative estimate of drug-likeness (QED) is 0.745. The molecule has 0 bridgehead atoms. The maximum absolute atomic E-state index is 13.0. The highest BCUT2D eigenvalue weighted by Crippen LogP contribution is 2.50. The molecule has 22 heavy (non-hydrogen) atoms. The van der Waals surface area contributed by atoms with Gasteiger partial charge in [-0.3, -0.25) is 4.98 Å². The smallest absolute Gasteiger partial charge is 0.264 e. The third-order valence-electron chi connectivity index (χ3n) is 4.52. The van der Waals surface area contributed by atoms with E-state index in [-0.39, 0.29) is 5.41 Å². The molecule has 0 aliphatic heterocycles. The summed E-state index contributed by atoms with van der Waals surface area (Å²) < 4.78 is 27.3. The van der Waals surface area contributed by atoms with Crippen LogP contribution < -0.4 is 0 Å². The maximum Gasteiger partial charge on any atom is 0.268 e. The Morgan fingerprint density at radius 3 is 2.55 bits per heavy atom. The van der Waals surface area contributed by atoms with Gasteiger partial charge in [-0.25, -0.2) is 12.4 Å². The number of nitrogens with zero attached hydrogens (tertiary/aromatic N) is 2. The summed E-state index contributed by atoms with van der Waals surface area (Å²) in [4.78, 5) is 4.48. The van der Waals surface area contributed by atoms with Gasteiger partial charge in [0, 0.05) is 24.0 Å². The van der Waals surface area contributed by atoms with Gasteiger partial charge < -0.3 is 0 Å². The molecule has 5 heteroatoms. The van der Waals surface area contributed by atoms with Gasteiger partial charge in [-0.05, 0) is 42.0 Å². The van der Waals surface area contributed by atoms with Crippen molar-refractivity contribution in [2.75, 3.05) is 0 Å². The second-order valence-electron chi connectivity index (χ2n) is 6.11. The molecule has 0 N–H and O–H groups in total. The predicted molar refractivity (Wildman–Crippen MR) is 85.3 cm³/mol. The summed E-state index contributed by atoms with van der Waals surface area (Å²) >= 11 is 0. The Morgan fingerprint density at radius 1 is 1.14 bits per heavy atom. The SMILES string of the molecule is CC1(c2cn(S(=O)(=O)c3ccccc3)c3ccncc23)CC1. The molecule has 4 nitrogen and oxygen atoms in total. The lowest BCUT2D eigenvalue weighted by molar-refractivity contribution is 0.589. The number of fused-ring (bicyclic) bond motifs is 1. The minimum Gasteiger partial charge on any atom is -0.264 e. The fourth-order valence-electron chi connectivity index (χ4n) is 2.89. The van der Waals surface area contributed by atoms with E-state index in [0.717, 1.165) is 23.8 Å². The minimum atomic E-state index is -3.59. The van der Waals surface area contributed by atoms with E-state index in [1.807, 2.05) is 6.07 Å². The summed E-state index contributed by atoms with van der Waals surface area (Å²) in [6, 6.07) is 10.3. The molecule has 0 amide bonds. The van der Waals surface area contributed by atoms with E-state index in [9.17, 15) is 8.42 Å². The fraction of sp³-hybridized carbons (Fsp3) is 0.235. The van der Waals surface area contributed by atoms with Gasteiger partial charge in [-0.15, -0.1) is 0 Å². The molecule has 2 heterocycles. The van der Waals surface area contributed by atoms with Gasteiger partial charge in [0.2, 0.25) is 0 Å². The van der Waals surface area contributed by atoms with Crippen molar-refractivity contribution in [1.82, 2.24) is 8.96 Å². The molecule has 0 spiro atoms. The van der Waals surface area contributed by atoms with Gasteiger partial charge in [0.15, 0.2) is 0 Å². The summed E-state index contributed by atoms with van der Waals surface area (Å²) in [6.45, 7) is 2.17. The van der Waals surface area contributed by atoms with E-state index in [1.165, 1.54) is 3.97 Å². The summed E-state index contributed by atoms with van der Waals surface area (Å²) in [5.41, 5.74) is 1.86. The van der Waals surface area contributed by atoms with Crippen molar-refractivity contribution in [3.05, 3.63) is 60.6 Å². The first-order valence-electron chi connectivity index (χ1n) is 7.29. The zero-order valence-electron chi connectivity index (χ0n) is 12.2. The van der Waals surface area contributed by atoms with Crippen molar-refractivity contribution in [2.45, 2.75) is 30.1 Å². The van der Waals surface area contributed by atoms with Crippen molar-refractivity contribution >= 4 is 20.9 Å². The van der Waals surface area contributed by atoms with Crippen LogP contribution >= 0.6 is 0 Å². The summed E-state index contributed by atoms with van der Waals surface area (Å²) in [6.07, 6.45) is 7.37. The van der Waals surface area contributed by atoms with Gasteiger partial charge in [-0.2, -0.15) is 0 Å². The molecule has 1 aromatic carbocycles. The van der Waals surface area contributed by atoms with E-state index < -0.39 is 10.0 Å². The number of hydrogen-bond acceptors (Lipinski definition) is 3. The van der Waals surface area contributed by atoms with E-state index in [0.29, 0.717) is 10.4 Å². The van der Waals surface area contributed by atoms with Crippen molar-refractivity contribution in [3.63, 3.8) is 0 Å². The van der Waals surface area contributed by atoms with Crippen LogP contribution in [0, 0.1) is 0 Å². The van der Waals surface area contributed by atoms with Crippen LogP contribution in [0.5, 0.6) is 0 Å². The molecule has 112 valence electrons. The van der Waals surface area contributed by atoms with Crippen molar-refractivity contribution in [3.8, 4) is 0 Å². The number of aromatic nitrogens is 2. The molecule has 0 atom stereocenters. The van der Waals surface area contributed by atoms with E-state index in [1.54, 1.807) is 48.9 Å². The molecule has 4 rings (SSSR count). The molecule has 3 aromatic rings. The minimum absolute atomic E-state index is 0.0821. The maximum atomic E-state index is 13.0. The van der Waals surface area contributed by atoms with E-state index in [2.05, 4.69) is 11.9 Å². The highest BCUT2D eigenvalue weighted by atomic mass is 32.2. The van der Waals surface area contributed by atoms with E-state index >= 15 is 0 Å². The van der Waals surface area contributed by atoms with Gasteiger partial charge in [0.1, 0.15) is 0 Å². The topological polar surface area (TPSA) is 52.0 Å². The molecule has 0 saturated heterocycles. The number of benzene rings is 1. The number of hydrogen-bond donors (Lipinski definition) is 0. The van der Waals surface area contributed by atoms with Crippen LogP contribution in [0.1, 0.15) is 25.3 Å². The molecule has 1 aliphatic rings. The Morgan fingerprint density at radius 2 is 1.86 bits per heavy atom. The lowest BCUT2D eigenvalue weighted by Crippen LogP contribution is -2.12. The van der Waals surface area contributed by atoms with Crippen LogP contribution in [0.4, 0.5) is 0 Å². The van der Waals surface area contributed by atoms with Crippen molar-refractivity contribution < 1.29 is 8.42 Å². The molecular formula is C17H16N2O2S. The lowest BCUT2D eigenvalue weighted by atomic mass is 9.99. The summed E-state index contributed by atoms with van der Waals surface area (Å²) in [7, 11) is -3.59. The second kappa shape index (κ2) is 4.43. The largest absolute Gasteiger partial charge is 0.268 e. The Balaban J connectivity index is 2.00. The van der Waals surface area contributed by atoms with Gasteiger partial charge in [0.25, 0.3) is 10.0 Å². The average molecular weight is 312 g/mol. The second-order valence-corrected chi connectivity index (χ2v) is 7.93. The highest BCUT2D eigenvalue weighted by molar-refractivity contribution is 7.90. The fourth-order valence-corrected chi connectivity index (χ4v) is 4.28. The Hall–Kier alpha value is -2.14. The average Bonchev–Trinajstić information content (AvgIpc) is 3.15. The third kappa shape index (κ3) is 1.89. The molecule has 1 fully saturated rings. The monoisotopic (exact) mass is 312 g/mol. The summed E-state index contributed by atoms with van der Waals surface area (Å²) in [5, 5.41) is 0.932. The summed E-state index contributed by atoms with van der Waals surface area (Å²) in [5.74, 6) is 0. The highest BCUT2D eigenvalue weighted by Gasteiger charge is 2.42.